The first kappa shape index (κ1) is 56.7. The van der Waals surface area contributed by atoms with E-state index in [1.54, 1.807) is 7.05 Å². The minimum absolute atomic E-state index is 0.0268. The van der Waals surface area contributed by atoms with Gasteiger partial charge in [-0.15, -0.1) is 0 Å². The van der Waals surface area contributed by atoms with Crippen molar-refractivity contribution in [3.8, 4) is 0 Å². The zero-order valence-corrected chi connectivity index (χ0v) is 41.7. The summed E-state index contributed by atoms with van der Waals surface area (Å²) in [6.07, 6.45) is 30.6. The van der Waals surface area contributed by atoms with E-state index in [-0.39, 0.29) is 32.0 Å². The Balaban J connectivity index is 1.56. The summed E-state index contributed by atoms with van der Waals surface area (Å²) >= 11 is 0. The predicted octanol–water partition coefficient (Wildman–Crippen LogP) is 13.7. The van der Waals surface area contributed by atoms with Gasteiger partial charge in [0.1, 0.15) is 29.6 Å². The third-order valence-corrected chi connectivity index (χ3v) is 13.1. The molecular weight excluding hydrogens is 818 g/mol. The van der Waals surface area contributed by atoms with Gasteiger partial charge in [-0.05, 0) is 89.1 Å². The maximum absolute atomic E-state index is 12.8. The molecule has 11 nitrogen and oxygen atoms in total. The lowest BCUT2D eigenvalue weighted by molar-refractivity contribution is -0.161. The summed E-state index contributed by atoms with van der Waals surface area (Å²) in [5, 5.41) is 2.83. The number of carbonyl (C=O) groups excluding carboxylic acids is 2. The third kappa shape index (κ3) is 27.6. The first-order chi connectivity index (χ1) is 30.5. The number of unbranched alkanes of at least 4 members (excludes halogenated alkanes) is 20. The molecule has 0 spiro atoms. The van der Waals surface area contributed by atoms with Crippen molar-refractivity contribution in [2.24, 2.45) is 0 Å². The van der Waals surface area contributed by atoms with Crippen LogP contribution in [0.4, 0.5) is 0 Å². The van der Waals surface area contributed by atoms with Gasteiger partial charge in [-0.3, -0.25) is 18.6 Å². The van der Waals surface area contributed by atoms with Gasteiger partial charge in [0, 0.05) is 45.1 Å². The highest BCUT2D eigenvalue weighted by atomic mass is 31.2. The van der Waals surface area contributed by atoms with E-state index in [2.05, 4.69) is 46.0 Å². The molecule has 2 aromatic rings. The Morgan fingerprint density at radius 2 is 1.06 bits per heavy atom. The number of phosphoric ester groups is 1. The van der Waals surface area contributed by atoms with Crippen molar-refractivity contribution in [2.45, 2.75) is 233 Å². The molecule has 0 radical (unpaired) electrons. The first-order valence-corrected chi connectivity index (χ1v) is 26.8. The van der Waals surface area contributed by atoms with Crippen molar-refractivity contribution in [3.05, 3.63) is 45.8 Å². The number of rotatable bonds is 42. The lowest BCUT2D eigenvalue weighted by Gasteiger charge is -2.20. The molecule has 0 amide bonds. The van der Waals surface area contributed by atoms with Crippen molar-refractivity contribution >= 4 is 19.8 Å². The molecule has 0 saturated carbocycles. The van der Waals surface area contributed by atoms with E-state index in [4.69, 9.17) is 27.4 Å². The number of nitrogens with one attached hydrogen (secondary N) is 1. The average Bonchev–Trinajstić information content (AvgIpc) is 3.75. The molecular formula is C51H90NO10P. The second kappa shape index (κ2) is 35.8. The maximum atomic E-state index is 12.8. The average molecular weight is 908 g/mol. The summed E-state index contributed by atoms with van der Waals surface area (Å²) in [5.74, 6) is 3.82. The number of likely N-dealkylation sites (N-methyl/N-ethyl adjacent to an activating group) is 1. The lowest BCUT2D eigenvalue weighted by Crippen LogP contribution is -2.29. The molecule has 12 heteroatoms. The molecule has 63 heavy (non-hydrogen) atoms. The Bertz CT molecular complexity index is 1520. The first-order valence-electron chi connectivity index (χ1n) is 25.3. The van der Waals surface area contributed by atoms with Crippen LogP contribution in [0.3, 0.4) is 0 Å². The van der Waals surface area contributed by atoms with E-state index in [0.717, 1.165) is 88.6 Å². The van der Waals surface area contributed by atoms with Crippen LogP contribution < -0.4 is 5.32 Å². The van der Waals surface area contributed by atoms with Crippen LogP contribution in [0.15, 0.2) is 14.9 Å². The largest absolute Gasteiger partial charge is 0.472 e. The van der Waals surface area contributed by atoms with Gasteiger partial charge in [-0.25, -0.2) is 4.57 Å². The molecule has 2 aromatic heterocycles. The van der Waals surface area contributed by atoms with Crippen molar-refractivity contribution in [1.82, 2.24) is 5.32 Å². The number of hydrogen-bond donors (Lipinski definition) is 2. The minimum atomic E-state index is -4.37. The molecule has 364 valence electrons. The van der Waals surface area contributed by atoms with Gasteiger partial charge in [0.25, 0.3) is 0 Å². The fraction of sp³-hybridized carbons (Fsp3) is 0.804. The number of carbonyl (C=O) groups is 2. The topological polar surface area (TPSA) is 147 Å². The zero-order chi connectivity index (χ0) is 46.0. The van der Waals surface area contributed by atoms with Gasteiger partial charge in [0.2, 0.25) is 0 Å². The quantitative estimate of drug-likeness (QED) is 0.0373. The molecule has 0 fully saturated rings. The van der Waals surface area contributed by atoms with Crippen LogP contribution in [0.25, 0.3) is 0 Å². The Labute approximate surface area is 382 Å². The smallest absolute Gasteiger partial charge is 0.466 e. The highest BCUT2D eigenvalue weighted by Gasteiger charge is 2.26. The lowest BCUT2D eigenvalue weighted by atomic mass is 10.0. The Morgan fingerprint density at radius 1 is 0.603 bits per heavy atom. The summed E-state index contributed by atoms with van der Waals surface area (Å²) in [7, 11) is -2.67. The van der Waals surface area contributed by atoms with Crippen LogP contribution in [0, 0.1) is 20.8 Å². The Hall–Kier alpha value is -2.43. The molecule has 0 aliphatic rings. The van der Waals surface area contributed by atoms with Crippen molar-refractivity contribution < 1.29 is 46.4 Å². The molecule has 0 aliphatic heterocycles. The SMILES string of the molecule is CCCCCc1cc(C)c(CCCCCCCCCCCCC(=O)OC[C@H](COP(=O)(O)OCCNC)OC(=O)CCCCCCCCCCc2oc(CCCCC)c(C)c2C)o1. The zero-order valence-electron chi connectivity index (χ0n) is 40.8. The van der Waals surface area contributed by atoms with E-state index in [0.29, 0.717) is 13.0 Å². The molecule has 0 bridgehead atoms. The van der Waals surface area contributed by atoms with E-state index >= 15 is 0 Å². The van der Waals surface area contributed by atoms with E-state index < -0.39 is 26.5 Å². The fourth-order valence-electron chi connectivity index (χ4n) is 7.92. The number of aryl methyl sites for hydroxylation is 5. The van der Waals surface area contributed by atoms with Gasteiger partial charge < -0.3 is 28.5 Å². The normalized spacial score (nSPS) is 13.1. The fourth-order valence-corrected chi connectivity index (χ4v) is 8.68. The molecule has 0 aliphatic carbocycles. The van der Waals surface area contributed by atoms with Crippen LogP contribution in [0.1, 0.15) is 221 Å². The molecule has 0 saturated heterocycles. The van der Waals surface area contributed by atoms with E-state index in [1.165, 1.54) is 125 Å². The number of phosphoric acid groups is 1. The van der Waals surface area contributed by atoms with Crippen molar-refractivity contribution in [2.75, 3.05) is 33.4 Å². The molecule has 2 rings (SSSR count). The van der Waals surface area contributed by atoms with Crippen LogP contribution in [-0.4, -0.2) is 56.3 Å². The highest BCUT2D eigenvalue weighted by Crippen LogP contribution is 2.43. The minimum Gasteiger partial charge on any atom is -0.466 e. The number of esters is 2. The second-order valence-corrected chi connectivity index (χ2v) is 19.2. The van der Waals surface area contributed by atoms with Gasteiger partial charge in [-0.2, -0.15) is 0 Å². The van der Waals surface area contributed by atoms with Crippen molar-refractivity contribution in [3.63, 3.8) is 0 Å². The molecule has 0 aromatic carbocycles. The van der Waals surface area contributed by atoms with Crippen LogP contribution >= 0.6 is 7.82 Å². The summed E-state index contributed by atoms with van der Waals surface area (Å²) < 4.78 is 45.8. The summed E-state index contributed by atoms with van der Waals surface area (Å²) in [6.45, 7) is 10.7. The van der Waals surface area contributed by atoms with Crippen molar-refractivity contribution in [1.29, 1.82) is 0 Å². The summed E-state index contributed by atoms with van der Waals surface area (Å²) in [5.41, 5.74) is 3.96. The second-order valence-electron chi connectivity index (χ2n) is 17.8. The maximum Gasteiger partial charge on any atom is 0.472 e. The highest BCUT2D eigenvalue weighted by molar-refractivity contribution is 7.47. The Morgan fingerprint density at radius 3 is 1.59 bits per heavy atom. The van der Waals surface area contributed by atoms with Crippen LogP contribution in [0.2, 0.25) is 0 Å². The number of ether oxygens (including phenoxy) is 2. The van der Waals surface area contributed by atoms with Gasteiger partial charge >= 0.3 is 19.8 Å². The van der Waals surface area contributed by atoms with E-state index in [9.17, 15) is 19.0 Å². The van der Waals surface area contributed by atoms with Gasteiger partial charge in [0.05, 0.1) is 13.2 Å². The molecule has 2 N–H and O–H groups in total. The van der Waals surface area contributed by atoms with Gasteiger partial charge in [0.15, 0.2) is 6.10 Å². The molecule has 2 atom stereocenters. The standard InChI is InChI=1S/C51H90NO10P/c1-7-9-25-31-45-39-42(3)47(60-45)32-27-21-17-13-11-12-14-19-23-29-35-50(53)57-40-46(41-59-63(55,56)58-38-37-52-6)61-51(54)36-30-24-20-16-15-18-22-28-34-49-44(5)43(4)48(62-49)33-26-10-8-2/h39,46,52H,7-38,40-41H2,1-6H3,(H,55,56)/t46-/m1/s1. The molecule has 1 unspecified atom stereocenters. The third-order valence-electron chi connectivity index (χ3n) is 12.1. The monoisotopic (exact) mass is 908 g/mol. The molecule has 2 heterocycles. The van der Waals surface area contributed by atoms with Gasteiger partial charge in [-0.1, -0.05) is 129 Å². The number of furan rings is 2. The number of hydrogen-bond acceptors (Lipinski definition) is 10. The van der Waals surface area contributed by atoms with E-state index in [1.807, 2.05) is 0 Å². The predicted molar refractivity (Wildman–Crippen MR) is 254 cm³/mol. The Kier molecular flexibility index (Phi) is 32.2. The summed E-state index contributed by atoms with van der Waals surface area (Å²) in [4.78, 5) is 35.4. The summed E-state index contributed by atoms with van der Waals surface area (Å²) in [6, 6.07) is 2.23. The van der Waals surface area contributed by atoms with Crippen LogP contribution in [-0.2, 0) is 58.4 Å². The van der Waals surface area contributed by atoms with Crippen LogP contribution in [0.5, 0.6) is 0 Å².